The van der Waals surface area contributed by atoms with Crippen LogP contribution in [0.4, 0.5) is 0 Å². The van der Waals surface area contributed by atoms with Gasteiger partial charge in [0, 0.05) is 0 Å². The van der Waals surface area contributed by atoms with Gasteiger partial charge in [0.25, 0.3) is 0 Å². The molecule has 3 radical (unpaired) electrons. The van der Waals surface area contributed by atoms with Crippen molar-refractivity contribution in [2.24, 2.45) is 0 Å². The first-order valence-electron chi connectivity index (χ1n) is 3.81. The van der Waals surface area contributed by atoms with Gasteiger partial charge in [0.15, 0.2) is 0 Å². The Morgan fingerprint density at radius 3 is 1.68 bits per heavy atom. The van der Waals surface area contributed by atoms with Crippen LogP contribution in [0, 0.1) is 0 Å². The van der Waals surface area contributed by atoms with E-state index < -0.39 is 97.8 Å². The van der Waals surface area contributed by atoms with Gasteiger partial charge in [-0.2, -0.15) is 8.42 Å². The van der Waals surface area contributed by atoms with Crippen molar-refractivity contribution in [3.05, 3.63) is 0 Å². The molecule has 2 unspecified atom stereocenters. The van der Waals surface area contributed by atoms with Crippen molar-refractivity contribution < 1.29 is 85.3 Å². The van der Waals surface area contributed by atoms with Crippen molar-refractivity contribution in [3.8, 4) is 0 Å². The van der Waals surface area contributed by atoms with Crippen LogP contribution < -0.4 is 0 Å². The normalized spacial score (nSPS) is 9.82. The van der Waals surface area contributed by atoms with E-state index in [1.165, 1.54) is 0 Å². The Hall–Kier alpha value is 3.07. The van der Waals surface area contributed by atoms with E-state index in [1.54, 1.807) is 0 Å². The second-order valence-electron chi connectivity index (χ2n) is 1.67. The van der Waals surface area contributed by atoms with Crippen molar-refractivity contribution in [2.45, 2.75) is 0 Å². The summed E-state index contributed by atoms with van der Waals surface area (Å²) < 4.78 is 75.7. The third-order valence-corrected chi connectivity index (χ3v) is 27.2. The third kappa shape index (κ3) is 51.6. The maximum atomic E-state index is 10.0. The zero-order valence-electron chi connectivity index (χ0n) is 12.4. The summed E-state index contributed by atoms with van der Waals surface area (Å²) >= 11 is -12.9. The van der Waals surface area contributed by atoms with Crippen LogP contribution in [-0.2, 0) is 65.7 Å². The molecular weight excluding hydrogens is 1280 g/mol. The Balaban J connectivity index is -0.0000000491. The van der Waals surface area contributed by atoms with Gasteiger partial charge in [-0.05, 0) is 0 Å². The van der Waals surface area contributed by atoms with E-state index >= 15 is 0 Å². The Labute approximate surface area is 215 Å². The molecule has 28 heavy (non-hydrogen) atoms. The fourth-order valence-electron chi connectivity index (χ4n) is 0.222. The average molecular weight is 1290 g/mol. The molecule has 0 aliphatic carbocycles. The Kier molecular flexibility index (Phi) is 70.0. The first kappa shape index (κ1) is 48.5. The minimum atomic E-state index is -3.16. The molecule has 0 aromatic heterocycles. The molecule has 0 saturated carbocycles. The monoisotopic (exact) mass is 1290 g/mol. The van der Waals surface area contributed by atoms with E-state index in [2.05, 4.69) is 39.5 Å². The Morgan fingerprint density at radius 1 is 0.893 bits per heavy atom. The van der Waals surface area contributed by atoms with E-state index in [0.29, 0.717) is 0 Å². The second-order valence-corrected chi connectivity index (χ2v) is 23.7. The second kappa shape index (κ2) is 40.4. The van der Waals surface area contributed by atoms with Gasteiger partial charge < -0.3 is 16.4 Å². The van der Waals surface area contributed by atoms with E-state index in [0.717, 1.165) is 0 Å². The van der Waals surface area contributed by atoms with E-state index in [-0.39, 0.29) is 43.7 Å². The summed E-state index contributed by atoms with van der Waals surface area (Å²) in [6.07, 6.45) is 0. The molecule has 0 bridgehead atoms. The fourth-order valence-corrected chi connectivity index (χ4v) is 26.2. The first-order valence-corrected chi connectivity index (χ1v) is 24.8. The molecule has 0 rings (SSSR count). The molecule has 0 amide bonds. The Bertz CT molecular complexity index is 524. The summed E-state index contributed by atoms with van der Waals surface area (Å²) in [6.45, 7) is -2.12. The van der Waals surface area contributed by atoms with Crippen molar-refractivity contribution in [3.63, 3.8) is 0 Å². The molecule has 28 heteroatoms. The van der Waals surface area contributed by atoms with Crippen LogP contribution in [0.1, 0.15) is 0 Å². The van der Waals surface area contributed by atoms with Gasteiger partial charge in [-0.1, -0.05) is 9.37 Å². The summed E-state index contributed by atoms with van der Waals surface area (Å²) in [5, 5.41) is 32.0. The summed E-state index contributed by atoms with van der Waals surface area (Å²) in [6, 6.07) is 0. The van der Waals surface area contributed by atoms with Crippen LogP contribution in [-0.4, -0.2) is 145 Å². The third-order valence-electron chi connectivity index (χ3n) is 0.583. The number of rotatable bonds is 10. The molecule has 9 N–H and O–H groups in total. The van der Waals surface area contributed by atoms with Crippen LogP contribution in [0.25, 0.3) is 0 Å². The minimum absolute atomic E-state index is 0. The predicted molar refractivity (Wildman–Crippen MR) is 87.4 cm³/mol. The van der Waals surface area contributed by atoms with Gasteiger partial charge in [-0.15, -0.1) is 7.96 Å². The topological polar surface area (TPSA) is 331 Å². The van der Waals surface area contributed by atoms with Crippen molar-refractivity contribution in [2.75, 3.05) is 0 Å². The summed E-state index contributed by atoms with van der Waals surface area (Å²) in [5.41, 5.74) is 0. The molecule has 0 heterocycles. The molecule has 2 atom stereocenters. The first-order chi connectivity index (χ1) is 11.3. The van der Waals surface area contributed by atoms with Crippen LogP contribution >= 0.6 is 8.65 Å². The zero-order valence-corrected chi connectivity index (χ0v) is 32.8. The molecule has 171 valence electrons. The molecule has 0 aliphatic rings. The summed E-state index contributed by atoms with van der Waals surface area (Å²) in [4.78, 5) is 0. The van der Waals surface area contributed by atoms with Crippen LogP contribution in [0.3, 0.4) is 0 Å². The molecule has 0 aliphatic heterocycles. The average Bonchev–Trinajstić information content (AvgIpc) is 2.52. The molecule has 0 spiro atoms. The van der Waals surface area contributed by atoms with E-state index in [4.69, 9.17) is 21.1 Å². The van der Waals surface area contributed by atoms with Gasteiger partial charge in [0.1, 0.15) is 0 Å². The molecular formula is H11O20Pb4S4. The molecule has 0 aromatic carbocycles. The van der Waals surface area contributed by atoms with Gasteiger partial charge >= 0.3 is 166 Å². The SMILES string of the molecule is O.O.O.O=S(OO)OS(=O)OOO.O=[S](=O)=[Pb][O][Pb](=[S])[O]OOO.[O]=[Pb]=[O].[PbH2]. The summed E-state index contributed by atoms with van der Waals surface area (Å²) in [7, 11) is 4.55. The zero-order chi connectivity index (χ0) is 19.4. The van der Waals surface area contributed by atoms with Gasteiger partial charge in [0.05, 0.1) is 0 Å². The van der Waals surface area contributed by atoms with E-state index in [1.807, 2.05) is 0 Å². The Morgan fingerprint density at radius 2 is 1.36 bits per heavy atom. The quantitative estimate of drug-likeness (QED) is 0.104. The van der Waals surface area contributed by atoms with Crippen LogP contribution in [0.2, 0.25) is 0 Å². The molecule has 20 nitrogen and oxygen atoms in total. The maximum absolute atomic E-state index is 10.0. The number of hydrogen-bond acceptors (Lipinski definition) is 18. The number of hydrogen-bond donors (Lipinski definition) is 3. The standard InChI is InChI=1S/H2O8S2.H2O4.O2S.3H2O.3O.4Pb.S.2H/c1-5-7-10(4)8-9(3)6-2;1-3-4-2;1-3-2;;;;;;;;;;;;;/h1-2H;1-2H;;3*1H2;;;;;;;;;;/q;;;;;;;;;;;;+1;;;/p-1. The van der Waals surface area contributed by atoms with Crippen LogP contribution in [0.15, 0.2) is 0 Å². The molecule has 0 saturated heterocycles. The summed E-state index contributed by atoms with van der Waals surface area (Å²) in [5.74, 6) is 0. The van der Waals surface area contributed by atoms with Crippen molar-refractivity contribution in [1.29, 1.82) is 0 Å². The molecule has 0 aromatic rings. The predicted octanol–water partition coefficient (Wildman–Crippen LogP) is -5.99. The van der Waals surface area contributed by atoms with E-state index in [9.17, 15) is 16.8 Å². The van der Waals surface area contributed by atoms with Crippen molar-refractivity contribution >= 4 is 134 Å². The fraction of sp³-hybridized carbons (Fsp3) is 0. The van der Waals surface area contributed by atoms with Crippen molar-refractivity contribution in [1.82, 2.24) is 0 Å². The van der Waals surface area contributed by atoms with Crippen LogP contribution in [0.5, 0.6) is 0 Å². The molecule has 0 fully saturated rings. The van der Waals surface area contributed by atoms with Gasteiger partial charge in [-0.25, -0.2) is 10.5 Å². The van der Waals surface area contributed by atoms with Gasteiger partial charge in [-0.3, -0.25) is 0 Å². The van der Waals surface area contributed by atoms with Gasteiger partial charge in [0.2, 0.25) is 0 Å².